The molecule has 212 valence electrons. The number of amides is 3. The van der Waals surface area contributed by atoms with Gasteiger partial charge >= 0.3 is 0 Å². The Hall–Kier alpha value is -3.89. The molecule has 1 fully saturated rings. The first kappa shape index (κ1) is 29.1. The number of benzene rings is 2. The summed E-state index contributed by atoms with van der Waals surface area (Å²) in [5, 5.41) is 7.50. The molecule has 10 heteroatoms. The van der Waals surface area contributed by atoms with Crippen LogP contribution in [-0.4, -0.2) is 57.7 Å². The highest BCUT2D eigenvalue weighted by molar-refractivity contribution is 7.12. The van der Waals surface area contributed by atoms with E-state index in [0.29, 0.717) is 40.8 Å². The summed E-state index contributed by atoms with van der Waals surface area (Å²) in [5.41, 5.74) is 3.07. The van der Waals surface area contributed by atoms with Crippen molar-refractivity contribution in [2.45, 2.75) is 38.8 Å². The number of thiophene rings is 1. The van der Waals surface area contributed by atoms with E-state index in [2.05, 4.69) is 10.6 Å². The zero-order valence-corrected chi connectivity index (χ0v) is 24.0. The number of carbonyl (C=O) groups is 3. The molecule has 0 bridgehead atoms. The lowest BCUT2D eigenvalue weighted by Gasteiger charge is -2.32. The van der Waals surface area contributed by atoms with Crippen molar-refractivity contribution in [2.75, 3.05) is 38.8 Å². The maximum atomic E-state index is 13.9. The number of methoxy groups -OCH3 is 2. The highest BCUT2D eigenvalue weighted by atomic mass is 32.1. The van der Waals surface area contributed by atoms with Crippen LogP contribution in [0.2, 0.25) is 0 Å². The molecule has 1 aromatic heterocycles. The molecule has 3 amide bonds. The minimum absolute atomic E-state index is 0.0779. The summed E-state index contributed by atoms with van der Waals surface area (Å²) in [7, 11) is 3.05. The average molecular weight is 566 g/mol. The predicted octanol–water partition coefficient (Wildman–Crippen LogP) is 4.18. The second-order valence-electron chi connectivity index (χ2n) is 9.59. The highest BCUT2D eigenvalue weighted by Crippen LogP contribution is 2.35. The minimum atomic E-state index is -1.06. The summed E-state index contributed by atoms with van der Waals surface area (Å²) in [5.74, 6) is -0.250. The molecule has 2 N–H and O–H groups in total. The molecule has 0 saturated carbocycles. The SMILES string of the molecule is COc1ccc([C@@H](C(=O)NC[C@H]2CCCO2)N(C(=O)CNC(=O)c2cccs2)c2ccc(C)c(C)c2)cc1OC. The fourth-order valence-corrected chi connectivity index (χ4v) is 5.25. The highest BCUT2D eigenvalue weighted by Gasteiger charge is 2.34. The van der Waals surface area contributed by atoms with E-state index in [9.17, 15) is 14.4 Å². The molecule has 0 aliphatic carbocycles. The Bertz CT molecular complexity index is 1340. The zero-order chi connectivity index (χ0) is 28.6. The van der Waals surface area contributed by atoms with Gasteiger partial charge in [0.25, 0.3) is 5.91 Å². The first-order chi connectivity index (χ1) is 19.3. The quantitative estimate of drug-likeness (QED) is 0.361. The molecular weight excluding hydrogens is 530 g/mol. The van der Waals surface area contributed by atoms with Crippen molar-refractivity contribution in [3.63, 3.8) is 0 Å². The standard InChI is InChI=1S/C30H35N3O6S/c1-19-9-11-22(15-20(19)2)33(27(34)18-32-29(35)26-8-6-14-40-26)28(30(36)31-17-23-7-5-13-39-23)21-10-12-24(37-3)25(16-21)38-4/h6,8-12,14-16,23,28H,5,7,13,17-18H2,1-4H3,(H,31,36)(H,32,35)/t23-,28+/m1/s1. The third-order valence-electron chi connectivity index (χ3n) is 6.94. The van der Waals surface area contributed by atoms with Gasteiger partial charge in [0.05, 0.1) is 31.7 Å². The second-order valence-corrected chi connectivity index (χ2v) is 10.5. The van der Waals surface area contributed by atoms with E-state index in [1.807, 2.05) is 32.0 Å². The van der Waals surface area contributed by atoms with Crippen molar-refractivity contribution in [1.82, 2.24) is 10.6 Å². The molecule has 2 atom stereocenters. The van der Waals surface area contributed by atoms with Crippen LogP contribution >= 0.6 is 11.3 Å². The molecule has 3 aromatic rings. The van der Waals surface area contributed by atoms with Gasteiger partial charge in [-0.25, -0.2) is 0 Å². The van der Waals surface area contributed by atoms with Crippen LogP contribution in [0.4, 0.5) is 5.69 Å². The van der Waals surface area contributed by atoms with Gasteiger partial charge in [-0.15, -0.1) is 11.3 Å². The van der Waals surface area contributed by atoms with E-state index in [4.69, 9.17) is 14.2 Å². The summed E-state index contributed by atoms with van der Waals surface area (Å²) in [6.07, 6.45) is 1.72. The number of anilines is 1. The third kappa shape index (κ3) is 6.81. The van der Waals surface area contributed by atoms with E-state index >= 15 is 0 Å². The average Bonchev–Trinajstić information content (AvgIpc) is 3.69. The van der Waals surface area contributed by atoms with Crippen molar-refractivity contribution < 1.29 is 28.6 Å². The Morgan fingerprint density at radius 2 is 1.82 bits per heavy atom. The van der Waals surface area contributed by atoms with Gasteiger partial charge in [-0.1, -0.05) is 18.2 Å². The van der Waals surface area contributed by atoms with Gasteiger partial charge in [0.1, 0.15) is 6.04 Å². The van der Waals surface area contributed by atoms with Gasteiger partial charge in [0, 0.05) is 18.8 Å². The number of carbonyl (C=O) groups excluding carboxylic acids is 3. The molecule has 4 rings (SSSR count). The first-order valence-corrected chi connectivity index (χ1v) is 14.0. The predicted molar refractivity (Wildman–Crippen MR) is 154 cm³/mol. The van der Waals surface area contributed by atoms with Crippen LogP contribution < -0.4 is 25.0 Å². The Kier molecular flexibility index (Phi) is 9.79. The lowest BCUT2D eigenvalue weighted by molar-refractivity contribution is -0.126. The van der Waals surface area contributed by atoms with E-state index < -0.39 is 11.9 Å². The van der Waals surface area contributed by atoms with Crippen molar-refractivity contribution in [3.8, 4) is 11.5 Å². The summed E-state index contributed by atoms with van der Waals surface area (Å²) in [6.45, 7) is 4.62. The number of hydrogen-bond donors (Lipinski definition) is 2. The van der Waals surface area contributed by atoms with Crippen molar-refractivity contribution in [3.05, 3.63) is 75.5 Å². The van der Waals surface area contributed by atoms with E-state index in [-0.39, 0.29) is 24.5 Å². The fraction of sp³-hybridized carbons (Fsp3) is 0.367. The maximum Gasteiger partial charge on any atom is 0.261 e. The number of ether oxygens (including phenoxy) is 3. The van der Waals surface area contributed by atoms with Crippen molar-refractivity contribution in [1.29, 1.82) is 0 Å². The molecule has 0 spiro atoms. The van der Waals surface area contributed by atoms with Gasteiger partial charge in [0.15, 0.2) is 11.5 Å². The molecule has 0 unspecified atom stereocenters. The first-order valence-electron chi connectivity index (χ1n) is 13.1. The van der Waals surface area contributed by atoms with Crippen LogP contribution in [0.25, 0.3) is 0 Å². The molecule has 1 saturated heterocycles. The van der Waals surface area contributed by atoms with Crippen molar-refractivity contribution in [2.24, 2.45) is 0 Å². The van der Waals surface area contributed by atoms with Gasteiger partial charge in [-0.2, -0.15) is 0 Å². The van der Waals surface area contributed by atoms with Crippen LogP contribution in [0.3, 0.4) is 0 Å². The lowest BCUT2D eigenvalue weighted by Crippen LogP contribution is -2.48. The van der Waals surface area contributed by atoms with E-state index in [0.717, 1.165) is 24.0 Å². The summed E-state index contributed by atoms with van der Waals surface area (Å²) in [4.78, 5) is 42.4. The van der Waals surface area contributed by atoms with Crippen LogP contribution in [0, 0.1) is 13.8 Å². The number of aryl methyl sites for hydroxylation is 2. The normalized spacial score (nSPS) is 15.2. The topological polar surface area (TPSA) is 106 Å². The molecule has 2 aromatic carbocycles. The monoisotopic (exact) mass is 565 g/mol. The summed E-state index contributed by atoms with van der Waals surface area (Å²) >= 11 is 1.29. The van der Waals surface area contributed by atoms with E-state index in [1.165, 1.54) is 30.5 Å². The number of rotatable bonds is 11. The zero-order valence-electron chi connectivity index (χ0n) is 23.2. The second kappa shape index (κ2) is 13.5. The van der Waals surface area contributed by atoms with E-state index in [1.54, 1.807) is 35.7 Å². The molecule has 0 radical (unpaired) electrons. The molecule has 2 heterocycles. The Balaban J connectivity index is 1.73. The van der Waals surface area contributed by atoms with Gasteiger partial charge in [-0.3, -0.25) is 19.3 Å². The summed E-state index contributed by atoms with van der Waals surface area (Å²) in [6, 6.07) is 13.1. The maximum absolute atomic E-state index is 13.9. The fourth-order valence-electron chi connectivity index (χ4n) is 4.61. The summed E-state index contributed by atoms with van der Waals surface area (Å²) < 4.78 is 16.6. The molecule has 1 aliphatic rings. The van der Waals surface area contributed by atoms with Crippen LogP contribution in [0.5, 0.6) is 11.5 Å². The van der Waals surface area contributed by atoms with Crippen molar-refractivity contribution >= 4 is 34.7 Å². The Labute approximate surface area is 238 Å². The van der Waals surface area contributed by atoms with Gasteiger partial charge in [0.2, 0.25) is 11.8 Å². The Morgan fingerprint density at radius 3 is 2.48 bits per heavy atom. The third-order valence-corrected chi connectivity index (χ3v) is 7.81. The van der Waals surface area contributed by atoms with Crippen LogP contribution in [-0.2, 0) is 14.3 Å². The lowest BCUT2D eigenvalue weighted by atomic mass is 10.0. The number of nitrogens with one attached hydrogen (secondary N) is 2. The van der Waals surface area contributed by atoms with Gasteiger partial charge in [-0.05, 0) is 79.1 Å². The molecular formula is C30H35N3O6S. The van der Waals surface area contributed by atoms with Crippen LogP contribution in [0.1, 0.15) is 45.2 Å². The van der Waals surface area contributed by atoms with Gasteiger partial charge < -0.3 is 24.8 Å². The molecule has 1 aliphatic heterocycles. The number of hydrogen-bond acceptors (Lipinski definition) is 7. The smallest absolute Gasteiger partial charge is 0.261 e. The minimum Gasteiger partial charge on any atom is -0.493 e. The number of nitrogens with zero attached hydrogens (tertiary/aromatic N) is 1. The molecule has 9 nitrogen and oxygen atoms in total. The Morgan fingerprint density at radius 1 is 1.02 bits per heavy atom. The van der Waals surface area contributed by atoms with Crippen LogP contribution in [0.15, 0.2) is 53.9 Å². The largest absolute Gasteiger partial charge is 0.493 e. The molecule has 40 heavy (non-hydrogen) atoms.